The van der Waals surface area contributed by atoms with Crippen LogP contribution in [-0.4, -0.2) is 42.0 Å². The van der Waals surface area contributed by atoms with Crippen molar-refractivity contribution in [3.63, 3.8) is 0 Å². The van der Waals surface area contributed by atoms with E-state index in [1.54, 1.807) is 24.3 Å². The van der Waals surface area contributed by atoms with Crippen LogP contribution in [-0.2, 0) is 29.0 Å². The highest BCUT2D eigenvalue weighted by molar-refractivity contribution is 5.95. The van der Waals surface area contributed by atoms with Crippen molar-refractivity contribution >= 4 is 12.0 Å². The third-order valence-electron chi connectivity index (χ3n) is 7.33. The van der Waals surface area contributed by atoms with Crippen molar-refractivity contribution in [2.24, 2.45) is 5.92 Å². The molecule has 8 nitrogen and oxygen atoms in total. The van der Waals surface area contributed by atoms with Crippen molar-refractivity contribution in [1.29, 1.82) is 5.26 Å². The van der Waals surface area contributed by atoms with E-state index in [1.165, 1.54) is 0 Å². The Bertz CT molecular complexity index is 1620. The molecular weight excluding hydrogens is 578 g/mol. The van der Waals surface area contributed by atoms with Gasteiger partial charge in [-0.2, -0.15) is 5.26 Å². The Balaban J connectivity index is 1.44. The molecule has 0 aromatic heterocycles. The zero-order chi connectivity index (χ0) is 32.9. The zero-order valence-electron chi connectivity index (χ0n) is 26.5. The lowest BCUT2D eigenvalue weighted by Crippen LogP contribution is -2.45. The fourth-order valence-corrected chi connectivity index (χ4v) is 4.99. The van der Waals surface area contributed by atoms with Crippen molar-refractivity contribution < 1.29 is 24.2 Å². The fourth-order valence-electron chi connectivity index (χ4n) is 4.99. The van der Waals surface area contributed by atoms with Crippen LogP contribution in [0.2, 0.25) is 0 Å². The van der Waals surface area contributed by atoms with Gasteiger partial charge in [0, 0.05) is 24.6 Å². The van der Waals surface area contributed by atoms with Gasteiger partial charge in [0.05, 0.1) is 30.9 Å². The maximum absolute atomic E-state index is 13.5. The normalized spacial score (nSPS) is 12.4. The molecule has 238 valence electrons. The Morgan fingerprint density at radius 2 is 1.54 bits per heavy atom. The van der Waals surface area contributed by atoms with Gasteiger partial charge in [0.2, 0.25) is 0 Å². The minimum absolute atomic E-state index is 0.172. The minimum Gasteiger partial charge on any atom is -0.444 e. The quantitative estimate of drug-likeness (QED) is 0.159. The van der Waals surface area contributed by atoms with E-state index in [4.69, 9.17) is 9.47 Å². The average Bonchev–Trinajstić information content (AvgIpc) is 3.06. The van der Waals surface area contributed by atoms with E-state index in [-0.39, 0.29) is 25.0 Å². The number of ether oxygens (including phenoxy) is 2. The van der Waals surface area contributed by atoms with E-state index in [1.807, 2.05) is 99.6 Å². The number of aliphatic hydroxyl groups excluding tert-OH is 1. The van der Waals surface area contributed by atoms with Crippen LogP contribution in [0.1, 0.15) is 53.4 Å². The number of benzene rings is 4. The minimum atomic E-state index is -0.571. The standard InChI is InChI=1S/C38H41N3O5/c1-38(2,3)46-37(44)40-23-30-13-8-14-33(21-30)31-15-17-32(18-16-31)36(43)41-35(26-45-25-27-9-5-4-6-10-27)34(24-42)20-28-11-7-12-29(19-28)22-39/h4-19,21,34-35,42H,20,23-26H2,1-3H3,(H,40,44)(H,41,43). The predicted molar refractivity (Wildman–Crippen MR) is 178 cm³/mol. The van der Waals surface area contributed by atoms with Gasteiger partial charge in [0.15, 0.2) is 0 Å². The second kappa shape index (κ2) is 16.4. The molecule has 0 fully saturated rings. The van der Waals surface area contributed by atoms with Gasteiger partial charge in [-0.3, -0.25) is 4.79 Å². The van der Waals surface area contributed by atoms with Gasteiger partial charge in [-0.15, -0.1) is 0 Å². The van der Waals surface area contributed by atoms with E-state index in [2.05, 4.69) is 16.7 Å². The molecule has 0 bridgehead atoms. The van der Waals surface area contributed by atoms with E-state index in [0.717, 1.165) is 27.8 Å². The Labute approximate surface area is 271 Å². The SMILES string of the molecule is CC(C)(C)OC(=O)NCc1cccc(-c2ccc(C(=O)NC(COCc3ccccc3)C(CO)Cc3cccc(C#N)c3)cc2)c1. The molecule has 46 heavy (non-hydrogen) atoms. The number of carbonyl (C=O) groups excluding carboxylic acids is 2. The zero-order valence-corrected chi connectivity index (χ0v) is 26.5. The molecule has 0 spiro atoms. The molecule has 0 aliphatic rings. The second-order valence-electron chi connectivity index (χ2n) is 12.2. The number of carbonyl (C=O) groups is 2. The Kier molecular flexibility index (Phi) is 12.1. The lowest BCUT2D eigenvalue weighted by molar-refractivity contribution is 0.0523. The number of hydrogen-bond acceptors (Lipinski definition) is 6. The molecule has 0 aliphatic heterocycles. The smallest absolute Gasteiger partial charge is 0.407 e. The largest absolute Gasteiger partial charge is 0.444 e. The van der Waals surface area contributed by atoms with Crippen LogP contribution in [0.15, 0.2) is 103 Å². The first-order valence-electron chi connectivity index (χ1n) is 15.3. The fraction of sp³-hybridized carbons (Fsp3) is 0.289. The van der Waals surface area contributed by atoms with Gasteiger partial charge >= 0.3 is 6.09 Å². The molecule has 0 aliphatic carbocycles. The molecule has 0 saturated heterocycles. The monoisotopic (exact) mass is 619 g/mol. The number of hydrogen-bond donors (Lipinski definition) is 3. The van der Waals surface area contributed by atoms with Gasteiger partial charge in [-0.05, 0) is 85.3 Å². The number of aliphatic hydroxyl groups is 1. The number of amides is 2. The molecule has 2 amide bonds. The van der Waals surface area contributed by atoms with Crippen LogP contribution >= 0.6 is 0 Å². The molecule has 4 aromatic rings. The van der Waals surface area contributed by atoms with Crippen LogP contribution in [0.3, 0.4) is 0 Å². The van der Waals surface area contributed by atoms with Gasteiger partial charge < -0.3 is 25.2 Å². The second-order valence-corrected chi connectivity index (χ2v) is 12.2. The summed E-state index contributed by atoms with van der Waals surface area (Å²) in [6, 6.07) is 33.8. The average molecular weight is 620 g/mol. The summed E-state index contributed by atoms with van der Waals surface area (Å²) in [5.41, 5.74) is 5.13. The van der Waals surface area contributed by atoms with Crippen molar-refractivity contribution in [3.05, 3.63) is 131 Å². The van der Waals surface area contributed by atoms with Crippen LogP contribution < -0.4 is 10.6 Å². The van der Waals surface area contributed by atoms with E-state index in [0.29, 0.717) is 30.7 Å². The van der Waals surface area contributed by atoms with Gasteiger partial charge in [-0.25, -0.2) is 4.79 Å². The summed E-state index contributed by atoms with van der Waals surface area (Å²) in [5, 5.41) is 25.6. The summed E-state index contributed by atoms with van der Waals surface area (Å²) >= 11 is 0. The third-order valence-corrected chi connectivity index (χ3v) is 7.33. The molecule has 4 aromatic carbocycles. The van der Waals surface area contributed by atoms with Crippen LogP contribution in [0.25, 0.3) is 11.1 Å². The molecule has 8 heteroatoms. The predicted octanol–water partition coefficient (Wildman–Crippen LogP) is 6.42. The number of nitriles is 1. The summed E-state index contributed by atoms with van der Waals surface area (Å²) in [5.74, 6) is -0.621. The van der Waals surface area contributed by atoms with Crippen molar-refractivity contribution in [2.45, 2.75) is 52.0 Å². The van der Waals surface area contributed by atoms with Crippen molar-refractivity contribution in [1.82, 2.24) is 10.6 Å². The lowest BCUT2D eigenvalue weighted by Gasteiger charge is -2.27. The first-order valence-corrected chi connectivity index (χ1v) is 15.3. The molecule has 2 atom stereocenters. The Hall–Kier alpha value is -4.97. The van der Waals surface area contributed by atoms with Gasteiger partial charge in [0.1, 0.15) is 5.60 Å². The molecule has 0 saturated carbocycles. The van der Waals surface area contributed by atoms with E-state index < -0.39 is 17.7 Å². The van der Waals surface area contributed by atoms with E-state index in [9.17, 15) is 20.0 Å². The highest BCUT2D eigenvalue weighted by Crippen LogP contribution is 2.22. The topological polar surface area (TPSA) is 121 Å². The van der Waals surface area contributed by atoms with Crippen LogP contribution in [0.5, 0.6) is 0 Å². The first-order chi connectivity index (χ1) is 22.1. The molecule has 3 N–H and O–H groups in total. The highest BCUT2D eigenvalue weighted by atomic mass is 16.6. The Morgan fingerprint density at radius 3 is 2.24 bits per heavy atom. The maximum Gasteiger partial charge on any atom is 0.407 e. The number of nitrogens with one attached hydrogen (secondary N) is 2. The molecule has 0 heterocycles. The van der Waals surface area contributed by atoms with Crippen molar-refractivity contribution in [3.8, 4) is 17.2 Å². The number of alkyl carbamates (subject to hydrolysis) is 1. The Morgan fingerprint density at radius 1 is 0.848 bits per heavy atom. The lowest BCUT2D eigenvalue weighted by atomic mass is 9.92. The highest BCUT2D eigenvalue weighted by Gasteiger charge is 2.25. The summed E-state index contributed by atoms with van der Waals surface area (Å²) in [6.45, 7) is 6.18. The van der Waals surface area contributed by atoms with Gasteiger partial charge in [-0.1, -0.05) is 72.8 Å². The molecule has 2 unspecified atom stereocenters. The van der Waals surface area contributed by atoms with E-state index >= 15 is 0 Å². The summed E-state index contributed by atoms with van der Waals surface area (Å²) in [6.07, 6.45) is -0.0137. The number of rotatable bonds is 13. The van der Waals surface area contributed by atoms with Crippen LogP contribution in [0, 0.1) is 17.2 Å². The third kappa shape index (κ3) is 10.6. The molecular formula is C38H41N3O5. The van der Waals surface area contributed by atoms with Gasteiger partial charge in [0.25, 0.3) is 5.91 Å². The number of nitrogens with zero attached hydrogens (tertiary/aromatic N) is 1. The molecule has 4 rings (SSSR count). The van der Waals surface area contributed by atoms with Crippen molar-refractivity contribution in [2.75, 3.05) is 13.2 Å². The summed E-state index contributed by atoms with van der Waals surface area (Å²) in [4.78, 5) is 25.5. The molecule has 0 radical (unpaired) electrons. The summed E-state index contributed by atoms with van der Waals surface area (Å²) < 4.78 is 11.3. The first kappa shape index (κ1) is 33.9. The van der Waals surface area contributed by atoms with Crippen LogP contribution in [0.4, 0.5) is 4.79 Å². The summed E-state index contributed by atoms with van der Waals surface area (Å²) in [7, 11) is 0. The maximum atomic E-state index is 13.5.